The van der Waals surface area contributed by atoms with Gasteiger partial charge in [0.05, 0.1) is 16.1 Å². The fourth-order valence-corrected chi connectivity index (χ4v) is 4.42. The highest BCUT2D eigenvalue weighted by atomic mass is 35.5. The van der Waals surface area contributed by atoms with Crippen molar-refractivity contribution < 1.29 is 9.21 Å². The van der Waals surface area contributed by atoms with Crippen LogP contribution in [0.4, 0.5) is 5.69 Å². The van der Waals surface area contributed by atoms with Crippen molar-refractivity contribution in [1.82, 2.24) is 0 Å². The number of hydrogen-bond donors (Lipinski definition) is 0. The Morgan fingerprint density at radius 3 is 2.87 bits per heavy atom. The van der Waals surface area contributed by atoms with Gasteiger partial charge >= 0.3 is 0 Å². The van der Waals surface area contributed by atoms with Gasteiger partial charge < -0.3 is 9.32 Å². The molecule has 0 unspecified atom stereocenters. The molecule has 23 heavy (non-hydrogen) atoms. The summed E-state index contributed by atoms with van der Waals surface area (Å²) in [6, 6.07) is 9.75. The van der Waals surface area contributed by atoms with Crippen molar-refractivity contribution in [1.29, 1.82) is 0 Å². The first-order chi connectivity index (χ1) is 11.1. The predicted molar refractivity (Wildman–Crippen MR) is 96.4 cm³/mol. The monoisotopic (exact) mass is 343 g/mol. The third kappa shape index (κ3) is 2.25. The van der Waals surface area contributed by atoms with Gasteiger partial charge in [-0.3, -0.25) is 4.79 Å². The Hall–Kier alpha value is -1.91. The Kier molecular flexibility index (Phi) is 3.39. The molecule has 0 spiro atoms. The molecule has 0 radical (unpaired) electrons. The third-order valence-electron chi connectivity index (χ3n) is 3.93. The Labute approximate surface area is 142 Å². The smallest absolute Gasteiger partial charge is 0.155 e. The van der Waals surface area contributed by atoms with E-state index in [9.17, 15) is 4.79 Å². The zero-order valence-electron chi connectivity index (χ0n) is 12.7. The number of hydrogen-bond acceptors (Lipinski definition) is 4. The van der Waals surface area contributed by atoms with Crippen LogP contribution in [0, 0.1) is 0 Å². The maximum Gasteiger partial charge on any atom is 0.155 e. The average molecular weight is 344 g/mol. The maximum atomic E-state index is 11.5. The first-order valence-electron chi connectivity index (χ1n) is 7.41. The molecule has 1 aromatic heterocycles. The molecule has 0 atom stereocenters. The molecule has 4 rings (SSSR count). The Morgan fingerprint density at radius 1 is 1.30 bits per heavy atom. The van der Waals surface area contributed by atoms with E-state index in [-0.39, 0.29) is 5.78 Å². The number of thioether (sulfide) groups is 1. The van der Waals surface area contributed by atoms with E-state index in [2.05, 4.69) is 17.9 Å². The highest BCUT2D eigenvalue weighted by molar-refractivity contribution is 8.03. The standard InChI is InChI=1S/C18H14ClNO2S/c1-3-20-16(8-10(2)21)23-15-7-6-13-17(18(15)20)12-5-4-11(19)9-14(12)22-13/h4-9H,3H2,1-2H3/b16-8-. The van der Waals surface area contributed by atoms with E-state index in [4.69, 9.17) is 16.0 Å². The van der Waals surface area contributed by atoms with E-state index in [1.54, 1.807) is 24.8 Å². The van der Waals surface area contributed by atoms with E-state index in [1.807, 2.05) is 24.3 Å². The molecule has 0 amide bonds. The highest BCUT2D eigenvalue weighted by Gasteiger charge is 2.28. The summed E-state index contributed by atoms with van der Waals surface area (Å²) in [5.74, 6) is 0.0545. The van der Waals surface area contributed by atoms with E-state index in [1.165, 1.54) is 0 Å². The van der Waals surface area contributed by atoms with Crippen molar-refractivity contribution in [3.05, 3.63) is 46.5 Å². The van der Waals surface area contributed by atoms with E-state index in [0.29, 0.717) is 5.02 Å². The summed E-state index contributed by atoms with van der Waals surface area (Å²) in [4.78, 5) is 14.8. The van der Waals surface area contributed by atoms with E-state index >= 15 is 0 Å². The minimum absolute atomic E-state index is 0.0545. The van der Waals surface area contributed by atoms with Crippen LogP contribution in [-0.4, -0.2) is 12.3 Å². The zero-order chi connectivity index (χ0) is 16.1. The summed E-state index contributed by atoms with van der Waals surface area (Å²) in [7, 11) is 0. The topological polar surface area (TPSA) is 33.5 Å². The van der Waals surface area contributed by atoms with Gasteiger partial charge in [0.25, 0.3) is 0 Å². The van der Waals surface area contributed by atoms with Gasteiger partial charge in [0.1, 0.15) is 11.2 Å². The van der Waals surface area contributed by atoms with Gasteiger partial charge in [-0.15, -0.1) is 0 Å². The summed E-state index contributed by atoms with van der Waals surface area (Å²) in [5, 5.41) is 3.75. The van der Waals surface area contributed by atoms with Gasteiger partial charge in [0, 0.05) is 34.0 Å². The Bertz CT molecular complexity index is 990. The van der Waals surface area contributed by atoms with Gasteiger partial charge in [-0.1, -0.05) is 23.4 Å². The summed E-state index contributed by atoms with van der Waals surface area (Å²) in [6.45, 7) is 4.45. The maximum absolute atomic E-state index is 11.5. The number of anilines is 1. The Morgan fingerprint density at radius 2 is 2.13 bits per heavy atom. The largest absolute Gasteiger partial charge is 0.456 e. The first kappa shape index (κ1) is 14.7. The average Bonchev–Trinajstić information content (AvgIpc) is 3.02. The number of carbonyl (C=O) groups is 1. The molecule has 0 saturated carbocycles. The number of furan rings is 1. The van der Waals surface area contributed by atoms with Crippen LogP contribution < -0.4 is 4.90 Å². The van der Waals surface area contributed by atoms with Crippen molar-refractivity contribution in [2.45, 2.75) is 18.7 Å². The number of nitrogens with zero attached hydrogens (tertiary/aromatic N) is 1. The van der Waals surface area contributed by atoms with E-state index < -0.39 is 0 Å². The summed E-state index contributed by atoms with van der Waals surface area (Å²) in [6.07, 6.45) is 1.69. The second kappa shape index (κ2) is 5.32. The zero-order valence-corrected chi connectivity index (χ0v) is 14.3. The van der Waals surface area contributed by atoms with Crippen LogP contribution in [0.5, 0.6) is 0 Å². The number of rotatable bonds is 2. The lowest BCUT2D eigenvalue weighted by Gasteiger charge is -2.18. The van der Waals surface area contributed by atoms with Crippen LogP contribution in [0.2, 0.25) is 5.02 Å². The number of allylic oxidation sites excluding steroid dienone is 1. The molecule has 3 aromatic rings. The number of carbonyl (C=O) groups excluding carboxylic acids is 1. The molecule has 0 fully saturated rings. The lowest BCUT2D eigenvalue weighted by Crippen LogP contribution is -2.17. The fraction of sp³-hybridized carbons (Fsp3) is 0.167. The number of ketones is 1. The number of benzene rings is 2. The molecule has 2 aromatic carbocycles. The minimum Gasteiger partial charge on any atom is -0.456 e. The van der Waals surface area contributed by atoms with Crippen molar-refractivity contribution in [3.8, 4) is 0 Å². The minimum atomic E-state index is 0.0545. The molecule has 0 N–H and O–H groups in total. The second-order valence-electron chi connectivity index (χ2n) is 5.47. The number of halogens is 1. The van der Waals surface area contributed by atoms with Crippen LogP contribution in [0.1, 0.15) is 13.8 Å². The first-order valence-corrected chi connectivity index (χ1v) is 8.60. The van der Waals surface area contributed by atoms with Crippen LogP contribution in [-0.2, 0) is 4.79 Å². The van der Waals surface area contributed by atoms with Crippen molar-refractivity contribution in [2.24, 2.45) is 0 Å². The van der Waals surface area contributed by atoms with Crippen LogP contribution in [0.25, 0.3) is 21.9 Å². The van der Waals surface area contributed by atoms with Gasteiger partial charge in [-0.2, -0.15) is 0 Å². The summed E-state index contributed by atoms with van der Waals surface area (Å²) >= 11 is 7.70. The Balaban J connectivity index is 2.05. The van der Waals surface area contributed by atoms with Crippen LogP contribution in [0.15, 0.2) is 50.7 Å². The molecule has 1 aliphatic heterocycles. The lowest BCUT2D eigenvalue weighted by molar-refractivity contribution is -0.112. The normalized spacial score (nSPS) is 15.8. The van der Waals surface area contributed by atoms with Crippen molar-refractivity contribution in [3.63, 3.8) is 0 Å². The van der Waals surface area contributed by atoms with Crippen LogP contribution >= 0.6 is 23.4 Å². The second-order valence-corrected chi connectivity index (χ2v) is 6.97. The molecule has 0 bridgehead atoms. The molecule has 3 nitrogen and oxygen atoms in total. The van der Waals surface area contributed by atoms with Crippen molar-refractivity contribution >= 4 is 56.8 Å². The molecule has 116 valence electrons. The lowest BCUT2D eigenvalue weighted by atomic mass is 10.1. The molecule has 1 aliphatic rings. The highest BCUT2D eigenvalue weighted by Crippen LogP contribution is 2.51. The van der Waals surface area contributed by atoms with Gasteiger partial charge in [0.15, 0.2) is 5.78 Å². The van der Waals surface area contributed by atoms with E-state index in [0.717, 1.165) is 44.1 Å². The SMILES string of the molecule is CCN1/C(=C/C(C)=O)Sc2ccc3oc4cc(Cl)ccc4c3c21. The quantitative estimate of drug-likeness (QED) is 0.567. The van der Waals surface area contributed by atoms with Crippen LogP contribution in [0.3, 0.4) is 0 Å². The van der Waals surface area contributed by atoms with Crippen molar-refractivity contribution in [2.75, 3.05) is 11.4 Å². The molecule has 2 heterocycles. The molecule has 0 aliphatic carbocycles. The van der Waals surface area contributed by atoms with Gasteiger partial charge in [-0.25, -0.2) is 0 Å². The molecular formula is C18H14ClNO2S. The fourth-order valence-electron chi connectivity index (χ4n) is 3.03. The van der Waals surface area contributed by atoms with Gasteiger partial charge in [-0.05, 0) is 38.1 Å². The predicted octanol–water partition coefficient (Wildman–Crippen LogP) is 5.60. The molecular weight excluding hydrogens is 330 g/mol. The summed E-state index contributed by atoms with van der Waals surface area (Å²) < 4.78 is 5.96. The molecule has 5 heteroatoms. The summed E-state index contributed by atoms with van der Waals surface area (Å²) in [5.41, 5.74) is 2.73. The van der Waals surface area contributed by atoms with Gasteiger partial charge in [0.2, 0.25) is 0 Å². The third-order valence-corrected chi connectivity index (χ3v) is 5.26. The number of fused-ring (bicyclic) bond motifs is 5. The molecule has 0 saturated heterocycles.